The first-order chi connectivity index (χ1) is 8.74. The van der Waals surface area contributed by atoms with Gasteiger partial charge in [0.1, 0.15) is 5.75 Å². The summed E-state index contributed by atoms with van der Waals surface area (Å²) in [6, 6.07) is 5.90. The molecule has 0 aliphatic heterocycles. The summed E-state index contributed by atoms with van der Waals surface area (Å²) in [6.45, 7) is 0.641. The molecule has 0 radical (unpaired) electrons. The summed E-state index contributed by atoms with van der Waals surface area (Å²) in [6.07, 6.45) is 2.95. The Morgan fingerprint density at radius 2 is 2.22 bits per heavy atom. The zero-order valence-electron chi connectivity index (χ0n) is 10.6. The van der Waals surface area contributed by atoms with Crippen molar-refractivity contribution in [2.75, 3.05) is 13.7 Å². The van der Waals surface area contributed by atoms with Gasteiger partial charge < -0.3 is 15.0 Å². The van der Waals surface area contributed by atoms with Crippen molar-refractivity contribution >= 4 is 16.8 Å². The lowest BCUT2D eigenvalue weighted by Crippen LogP contribution is -2.06. The monoisotopic (exact) mass is 244 g/mol. The fourth-order valence-corrected chi connectivity index (χ4v) is 2.30. The highest BCUT2D eigenvalue weighted by molar-refractivity contribution is 5.81. The fourth-order valence-electron chi connectivity index (χ4n) is 2.30. The number of nitrogens with zero attached hydrogens (tertiary/aromatic N) is 3. The van der Waals surface area contributed by atoms with Crippen LogP contribution in [0.1, 0.15) is 5.69 Å². The van der Waals surface area contributed by atoms with Crippen molar-refractivity contribution in [1.82, 2.24) is 14.0 Å². The Morgan fingerprint density at radius 1 is 1.39 bits per heavy atom. The second kappa shape index (κ2) is 4.03. The van der Waals surface area contributed by atoms with Crippen LogP contribution in [-0.2, 0) is 13.5 Å². The van der Waals surface area contributed by atoms with E-state index in [0.717, 1.165) is 29.0 Å². The van der Waals surface area contributed by atoms with Crippen LogP contribution in [0.5, 0.6) is 5.75 Å². The van der Waals surface area contributed by atoms with Crippen LogP contribution < -0.4 is 10.5 Å². The molecular formula is C13H16N4O. The van der Waals surface area contributed by atoms with Crippen molar-refractivity contribution < 1.29 is 4.74 Å². The quantitative estimate of drug-likeness (QED) is 0.756. The average Bonchev–Trinajstić information content (AvgIpc) is 2.88. The second-order valence-electron chi connectivity index (χ2n) is 4.35. The maximum atomic E-state index is 5.62. The molecule has 0 bridgehead atoms. The molecule has 0 saturated heterocycles. The van der Waals surface area contributed by atoms with Crippen LogP contribution in [0.25, 0.3) is 16.8 Å². The number of benzene rings is 1. The van der Waals surface area contributed by atoms with Crippen molar-refractivity contribution in [2.24, 2.45) is 12.8 Å². The second-order valence-corrected chi connectivity index (χ2v) is 4.35. The number of aromatic nitrogens is 3. The van der Waals surface area contributed by atoms with E-state index in [1.54, 1.807) is 7.11 Å². The summed E-state index contributed by atoms with van der Waals surface area (Å²) in [5, 5.41) is 0. The maximum Gasteiger partial charge on any atom is 0.214 e. The Bertz CT molecular complexity index is 710. The third-order valence-corrected chi connectivity index (χ3v) is 3.29. The zero-order chi connectivity index (χ0) is 12.7. The molecule has 0 spiro atoms. The molecule has 5 heteroatoms. The van der Waals surface area contributed by atoms with Gasteiger partial charge in [0.15, 0.2) is 0 Å². The predicted molar refractivity (Wildman–Crippen MR) is 71.0 cm³/mol. The maximum absolute atomic E-state index is 5.62. The van der Waals surface area contributed by atoms with E-state index in [0.29, 0.717) is 6.54 Å². The number of rotatable bonds is 3. The van der Waals surface area contributed by atoms with Gasteiger partial charge >= 0.3 is 0 Å². The van der Waals surface area contributed by atoms with Gasteiger partial charge in [-0.2, -0.15) is 0 Å². The number of hydrogen-bond donors (Lipinski definition) is 1. The predicted octanol–water partition coefficient (Wildman–Crippen LogP) is 1.34. The van der Waals surface area contributed by atoms with Crippen LogP contribution in [0, 0.1) is 0 Å². The topological polar surface area (TPSA) is 57.5 Å². The Labute approximate surface area is 105 Å². The first kappa shape index (κ1) is 11.1. The van der Waals surface area contributed by atoms with Gasteiger partial charge in [-0.05, 0) is 18.7 Å². The molecule has 2 aromatic heterocycles. The van der Waals surface area contributed by atoms with Gasteiger partial charge in [0.2, 0.25) is 5.78 Å². The van der Waals surface area contributed by atoms with Crippen LogP contribution in [0.15, 0.2) is 24.4 Å². The molecule has 0 unspecified atom stereocenters. The van der Waals surface area contributed by atoms with Gasteiger partial charge in [-0.25, -0.2) is 4.98 Å². The van der Waals surface area contributed by atoms with Gasteiger partial charge in [-0.3, -0.25) is 4.40 Å². The fraction of sp³-hybridized carbons (Fsp3) is 0.308. The minimum Gasteiger partial charge on any atom is -0.497 e. The normalized spacial score (nSPS) is 11.5. The molecule has 1 aromatic carbocycles. The Balaban J connectivity index is 2.29. The van der Waals surface area contributed by atoms with Crippen LogP contribution >= 0.6 is 0 Å². The summed E-state index contributed by atoms with van der Waals surface area (Å²) in [5.74, 6) is 1.77. The first-order valence-corrected chi connectivity index (χ1v) is 5.95. The van der Waals surface area contributed by atoms with E-state index in [1.807, 2.05) is 25.2 Å². The molecule has 0 aliphatic rings. The first-order valence-electron chi connectivity index (χ1n) is 5.95. The minimum atomic E-state index is 0.641. The Morgan fingerprint density at radius 3 is 2.94 bits per heavy atom. The van der Waals surface area contributed by atoms with E-state index in [2.05, 4.69) is 20.1 Å². The van der Waals surface area contributed by atoms with Crippen molar-refractivity contribution in [3.63, 3.8) is 0 Å². The molecule has 94 valence electrons. The van der Waals surface area contributed by atoms with Crippen molar-refractivity contribution in [1.29, 1.82) is 0 Å². The Hall–Kier alpha value is -2.01. The average molecular weight is 244 g/mol. The molecular weight excluding hydrogens is 228 g/mol. The van der Waals surface area contributed by atoms with Gasteiger partial charge in [-0.15, -0.1) is 0 Å². The summed E-state index contributed by atoms with van der Waals surface area (Å²) >= 11 is 0. The summed E-state index contributed by atoms with van der Waals surface area (Å²) in [5.41, 5.74) is 8.83. The molecule has 0 saturated carbocycles. The summed E-state index contributed by atoms with van der Waals surface area (Å²) < 4.78 is 9.43. The number of aryl methyl sites for hydroxylation is 1. The zero-order valence-corrected chi connectivity index (χ0v) is 10.6. The number of hydrogen-bond acceptors (Lipinski definition) is 3. The number of imidazole rings is 2. The van der Waals surface area contributed by atoms with E-state index < -0.39 is 0 Å². The molecule has 0 amide bonds. The highest BCUT2D eigenvalue weighted by Gasteiger charge is 2.11. The minimum absolute atomic E-state index is 0.641. The lowest BCUT2D eigenvalue weighted by Gasteiger charge is -1.99. The van der Waals surface area contributed by atoms with Crippen LogP contribution in [0.4, 0.5) is 0 Å². The van der Waals surface area contributed by atoms with E-state index in [1.165, 1.54) is 5.69 Å². The highest BCUT2D eigenvalue weighted by atomic mass is 16.5. The Kier molecular flexibility index (Phi) is 2.48. The van der Waals surface area contributed by atoms with Crippen molar-refractivity contribution in [2.45, 2.75) is 6.42 Å². The molecule has 2 heterocycles. The molecule has 2 N–H and O–H groups in total. The number of nitrogens with two attached hydrogens (primary N) is 1. The van der Waals surface area contributed by atoms with Crippen LogP contribution in [0.2, 0.25) is 0 Å². The molecule has 0 fully saturated rings. The molecule has 3 aromatic rings. The third kappa shape index (κ3) is 1.48. The lowest BCUT2D eigenvalue weighted by molar-refractivity contribution is 0.415. The molecule has 18 heavy (non-hydrogen) atoms. The van der Waals surface area contributed by atoms with E-state index in [-0.39, 0.29) is 0 Å². The largest absolute Gasteiger partial charge is 0.497 e. The van der Waals surface area contributed by atoms with E-state index in [4.69, 9.17) is 10.5 Å². The van der Waals surface area contributed by atoms with Crippen LogP contribution in [0.3, 0.4) is 0 Å². The van der Waals surface area contributed by atoms with Gasteiger partial charge in [0, 0.05) is 31.4 Å². The number of fused-ring (bicyclic) bond motifs is 3. The smallest absolute Gasteiger partial charge is 0.214 e. The van der Waals surface area contributed by atoms with Gasteiger partial charge in [-0.1, -0.05) is 0 Å². The third-order valence-electron chi connectivity index (χ3n) is 3.29. The SMILES string of the molecule is COc1ccc2nc3n(C)c(CCN)cn3c2c1. The molecule has 3 rings (SSSR count). The standard InChI is InChI=1S/C13H16N4O/c1-16-9(5-6-14)8-17-12-7-10(18-2)3-4-11(12)15-13(16)17/h3-4,7-8H,5-6,14H2,1-2H3. The molecule has 5 nitrogen and oxygen atoms in total. The number of methoxy groups -OCH3 is 1. The van der Waals surface area contributed by atoms with Gasteiger partial charge in [0.05, 0.1) is 18.1 Å². The molecule has 0 atom stereocenters. The summed E-state index contributed by atoms with van der Waals surface area (Å²) in [7, 11) is 3.69. The lowest BCUT2D eigenvalue weighted by atomic mass is 10.3. The van der Waals surface area contributed by atoms with E-state index in [9.17, 15) is 0 Å². The van der Waals surface area contributed by atoms with Crippen molar-refractivity contribution in [3.8, 4) is 5.75 Å². The highest BCUT2D eigenvalue weighted by Crippen LogP contribution is 2.23. The molecule has 0 aliphatic carbocycles. The van der Waals surface area contributed by atoms with Crippen molar-refractivity contribution in [3.05, 3.63) is 30.1 Å². The number of ether oxygens (including phenoxy) is 1. The van der Waals surface area contributed by atoms with Crippen LogP contribution in [-0.4, -0.2) is 27.6 Å². The summed E-state index contributed by atoms with van der Waals surface area (Å²) in [4.78, 5) is 4.62. The van der Waals surface area contributed by atoms with Gasteiger partial charge in [0.25, 0.3) is 0 Å². The van der Waals surface area contributed by atoms with E-state index >= 15 is 0 Å².